The number of hydrogen-bond acceptors (Lipinski definition) is 2. The maximum absolute atomic E-state index is 2.35. The van der Waals surface area contributed by atoms with Crippen molar-refractivity contribution in [1.82, 2.24) is 0 Å². The molecule has 0 bridgehead atoms. The van der Waals surface area contributed by atoms with Crippen LogP contribution in [0.1, 0.15) is 17.8 Å². The molecule has 1 aromatic heterocycles. The molecule has 1 aliphatic rings. The lowest BCUT2D eigenvalue weighted by atomic mass is 10.2. The van der Waals surface area contributed by atoms with E-state index in [2.05, 4.69) is 59.3 Å². The number of thiazole rings is 1. The minimum absolute atomic E-state index is 0.581. The van der Waals surface area contributed by atoms with E-state index < -0.39 is 0 Å². The molecular formula is C13H15N2S+. The van der Waals surface area contributed by atoms with E-state index in [4.69, 9.17) is 0 Å². The molecule has 16 heavy (non-hydrogen) atoms. The van der Waals surface area contributed by atoms with E-state index >= 15 is 0 Å². The number of rotatable bonds is 0. The van der Waals surface area contributed by atoms with Gasteiger partial charge < -0.3 is 4.90 Å². The molecule has 0 unspecified atom stereocenters. The van der Waals surface area contributed by atoms with Gasteiger partial charge in [0, 0.05) is 19.7 Å². The van der Waals surface area contributed by atoms with Crippen LogP contribution in [0.5, 0.6) is 0 Å². The number of benzene rings is 1. The molecule has 2 nitrogen and oxygen atoms in total. The Bertz CT molecular complexity index is 518. The molecule has 3 rings (SSSR count). The van der Waals surface area contributed by atoms with Crippen LogP contribution < -0.4 is 9.47 Å². The number of aromatic nitrogens is 1. The minimum Gasteiger partial charge on any atom is -0.368 e. The summed E-state index contributed by atoms with van der Waals surface area (Å²) >= 11 is 1.85. The van der Waals surface area contributed by atoms with Gasteiger partial charge in [0.2, 0.25) is 10.7 Å². The molecule has 0 radical (unpaired) electrons. The van der Waals surface area contributed by atoms with Gasteiger partial charge in [-0.25, -0.2) is 0 Å². The smallest absolute Gasteiger partial charge is 0.247 e. The molecule has 0 saturated carbocycles. The van der Waals surface area contributed by atoms with Gasteiger partial charge in [0.05, 0.1) is 11.3 Å². The molecule has 0 N–H and O–H groups in total. The second kappa shape index (κ2) is 3.59. The van der Waals surface area contributed by atoms with Crippen LogP contribution >= 0.6 is 11.3 Å². The largest absolute Gasteiger partial charge is 0.368 e. The zero-order valence-corrected chi connectivity index (χ0v) is 10.4. The highest BCUT2D eigenvalue weighted by Crippen LogP contribution is 2.29. The van der Waals surface area contributed by atoms with Crippen molar-refractivity contribution in [3.8, 4) is 5.69 Å². The summed E-state index contributed by atoms with van der Waals surface area (Å²) in [6.07, 6.45) is 2.18. The van der Waals surface area contributed by atoms with E-state index in [1.165, 1.54) is 16.4 Å². The second-order valence-corrected chi connectivity index (χ2v) is 5.31. The van der Waals surface area contributed by atoms with Gasteiger partial charge in [0.15, 0.2) is 6.20 Å². The molecule has 2 aromatic rings. The molecule has 1 atom stereocenters. The van der Waals surface area contributed by atoms with Crippen LogP contribution in [0.2, 0.25) is 0 Å². The van der Waals surface area contributed by atoms with Crippen molar-refractivity contribution in [2.24, 2.45) is 0 Å². The molecular weight excluding hydrogens is 216 g/mol. The molecule has 0 spiro atoms. The van der Waals surface area contributed by atoms with Crippen LogP contribution in [0.25, 0.3) is 5.69 Å². The summed E-state index contributed by atoms with van der Waals surface area (Å²) < 4.78 is 2.33. The molecule has 1 aliphatic heterocycles. The molecule has 3 heteroatoms. The van der Waals surface area contributed by atoms with Gasteiger partial charge in [-0.2, -0.15) is 4.57 Å². The molecule has 0 fully saturated rings. The van der Waals surface area contributed by atoms with Crippen molar-refractivity contribution in [2.75, 3.05) is 18.5 Å². The summed E-state index contributed by atoms with van der Waals surface area (Å²) in [5, 5.41) is 3.62. The monoisotopic (exact) mass is 231 g/mol. The first kappa shape index (κ1) is 9.85. The van der Waals surface area contributed by atoms with Gasteiger partial charge in [-0.3, -0.25) is 0 Å². The van der Waals surface area contributed by atoms with E-state index in [0.717, 1.165) is 6.54 Å². The molecule has 0 amide bonds. The summed E-state index contributed by atoms with van der Waals surface area (Å²) in [6, 6.07) is 8.61. The third kappa shape index (κ3) is 1.35. The predicted octanol–water partition coefficient (Wildman–Crippen LogP) is 2.58. The number of anilines is 1. The van der Waals surface area contributed by atoms with Gasteiger partial charge in [-0.05, 0) is 13.0 Å². The highest BCUT2D eigenvalue weighted by Gasteiger charge is 2.29. The fourth-order valence-electron chi connectivity index (χ4n) is 2.42. The summed E-state index contributed by atoms with van der Waals surface area (Å²) in [5.74, 6) is 0.581. The Morgan fingerprint density at radius 2 is 2.19 bits per heavy atom. The van der Waals surface area contributed by atoms with Crippen LogP contribution in [0.4, 0.5) is 5.69 Å². The van der Waals surface area contributed by atoms with Crippen LogP contribution in [0.15, 0.2) is 35.8 Å². The SMILES string of the molecule is C[C@H]1CN(C)c2ccccc2-[n+]2ccsc21. The van der Waals surface area contributed by atoms with Crippen LogP contribution in [0, 0.1) is 0 Å². The van der Waals surface area contributed by atoms with Crippen molar-refractivity contribution in [3.05, 3.63) is 40.8 Å². The topological polar surface area (TPSA) is 7.12 Å². The van der Waals surface area contributed by atoms with Gasteiger partial charge in [0.1, 0.15) is 5.69 Å². The average molecular weight is 231 g/mol. The van der Waals surface area contributed by atoms with Gasteiger partial charge in [-0.1, -0.05) is 23.5 Å². The second-order valence-electron chi connectivity index (χ2n) is 4.38. The highest BCUT2D eigenvalue weighted by molar-refractivity contribution is 7.09. The molecule has 0 aliphatic carbocycles. The Labute approximate surface area is 99.8 Å². The lowest BCUT2D eigenvalue weighted by molar-refractivity contribution is -0.598. The van der Waals surface area contributed by atoms with E-state index in [-0.39, 0.29) is 0 Å². The maximum Gasteiger partial charge on any atom is 0.247 e. The van der Waals surface area contributed by atoms with Gasteiger partial charge >= 0.3 is 0 Å². The molecule has 2 heterocycles. The van der Waals surface area contributed by atoms with Crippen molar-refractivity contribution < 1.29 is 4.57 Å². The highest BCUT2D eigenvalue weighted by atomic mass is 32.1. The van der Waals surface area contributed by atoms with Crippen molar-refractivity contribution in [2.45, 2.75) is 12.8 Å². The Balaban J connectivity index is 2.28. The van der Waals surface area contributed by atoms with E-state index in [1.807, 2.05) is 11.3 Å². The number of hydrogen-bond donors (Lipinski definition) is 0. The Morgan fingerprint density at radius 1 is 1.38 bits per heavy atom. The third-order valence-electron chi connectivity index (χ3n) is 3.16. The summed E-state index contributed by atoms with van der Waals surface area (Å²) in [5.41, 5.74) is 2.61. The van der Waals surface area contributed by atoms with Crippen molar-refractivity contribution in [1.29, 1.82) is 0 Å². The Hall–Kier alpha value is -1.35. The van der Waals surface area contributed by atoms with Crippen LogP contribution in [-0.2, 0) is 0 Å². The average Bonchev–Trinajstić information content (AvgIpc) is 2.74. The van der Waals surface area contributed by atoms with Crippen molar-refractivity contribution in [3.63, 3.8) is 0 Å². The van der Waals surface area contributed by atoms with Gasteiger partial charge in [0.25, 0.3) is 0 Å². The minimum atomic E-state index is 0.581. The van der Waals surface area contributed by atoms with E-state index in [1.54, 1.807) is 0 Å². The van der Waals surface area contributed by atoms with Crippen molar-refractivity contribution >= 4 is 17.0 Å². The summed E-state index contributed by atoms with van der Waals surface area (Å²) in [7, 11) is 2.17. The van der Waals surface area contributed by atoms with Crippen LogP contribution in [0.3, 0.4) is 0 Å². The predicted molar refractivity (Wildman–Crippen MR) is 67.5 cm³/mol. The zero-order chi connectivity index (χ0) is 11.1. The zero-order valence-electron chi connectivity index (χ0n) is 9.55. The quantitative estimate of drug-likeness (QED) is 0.632. The number of para-hydroxylation sites is 2. The standard InChI is InChI=1S/C13H15N2S/c1-10-9-14(2)11-5-3-4-6-12(11)15-7-8-16-13(10)15/h3-8,10H,9H2,1-2H3/q+1/t10-/m0/s1. The van der Waals surface area contributed by atoms with Crippen LogP contribution in [-0.4, -0.2) is 13.6 Å². The Kier molecular flexibility index (Phi) is 2.21. The number of fused-ring (bicyclic) bond motifs is 3. The lowest BCUT2D eigenvalue weighted by Gasteiger charge is -2.17. The fourth-order valence-corrected chi connectivity index (χ4v) is 3.32. The summed E-state index contributed by atoms with van der Waals surface area (Å²) in [6.45, 7) is 3.38. The molecule has 82 valence electrons. The maximum atomic E-state index is 2.35. The van der Waals surface area contributed by atoms with Gasteiger partial charge in [-0.15, -0.1) is 0 Å². The Morgan fingerprint density at radius 3 is 3.06 bits per heavy atom. The first-order valence-electron chi connectivity index (χ1n) is 5.57. The number of nitrogens with zero attached hydrogens (tertiary/aromatic N) is 2. The first-order chi connectivity index (χ1) is 7.77. The first-order valence-corrected chi connectivity index (χ1v) is 6.45. The fraction of sp³-hybridized carbons (Fsp3) is 0.308. The normalized spacial score (nSPS) is 18.9. The third-order valence-corrected chi connectivity index (χ3v) is 4.26. The lowest BCUT2D eigenvalue weighted by Crippen LogP contribution is -2.32. The molecule has 0 saturated heterocycles. The van der Waals surface area contributed by atoms with E-state index in [9.17, 15) is 0 Å². The van der Waals surface area contributed by atoms with E-state index in [0.29, 0.717) is 5.92 Å². The number of likely N-dealkylation sites (N-methyl/N-ethyl adjacent to an activating group) is 1. The summed E-state index contributed by atoms with van der Waals surface area (Å²) in [4.78, 5) is 2.35. The molecule has 1 aromatic carbocycles.